The quantitative estimate of drug-likeness (QED) is 0.0262. The molecule has 9 heterocycles. The van der Waals surface area contributed by atoms with E-state index < -0.39 is 22.7 Å². The first-order valence-corrected chi connectivity index (χ1v) is 32.6. The summed E-state index contributed by atoms with van der Waals surface area (Å²) in [6.45, 7) is 8.87. The van der Waals surface area contributed by atoms with Crippen LogP contribution >= 0.6 is 41.6 Å². The maximum absolute atomic E-state index is 11.6. The van der Waals surface area contributed by atoms with Crippen LogP contribution in [0.25, 0.3) is 65.1 Å². The predicted octanol–water partition coefficient (Wildman–Crippen LogP) is 14.5. The van der Waals surface area contributed by atoms with Crippen LogP contribution in [0.3, 0.4) is 0 Å². The van der Waals surface area contributed by atoms with E-state index in [1.54, 1.807) is 59.9 Å². The standard InChI is InChI=1S/C45H53N3S3.C15H12N3O3P.C3H8.CH4.2BF3.B.2FH.Ru.3H2/c1-3-5-7-9-11-13-20-36-37(21-14-12-10-8-6-4-2)45(51-44(36)42-24-19-31-49-42)43-28-27-35(50-43)26-25-34-32-40(38-22-15-17-29-46-38)48-41(33-34)39-23-16-18-30-47-39;19-22(20,21)11-9-14(12-5-1-3-7-16-12)18-15(10-11)13-6-2-4-8-17-13;1-3-2;;2*2-1(3)4;;;;;;;/h15-19,22-24,27-33H,3-14,20-21,25-26H2,1-2H3;1-10H,(H2,19,20,21);3H2,1-2H3;1H4;;;;2*1H;;3*1H/p-2/i;;;;;;;;;;2*1+2;1+1. The Hall–Kier alpha value is -5.59. The molecule has 9 aromatic rings. The van der Waals surface area contributed by atoms with E-state index in [2.05, 4.69) is 106 Å². The summed E-state index contributed by atoms with van der Waals surface area (Å²) in [7, 11) is -11.7. The Morgan fingerprint density at radius 3 is 1.20 bits per heavy atom. The van der Waals surface area contributed by atoms with Crippen LogP contribution in [0.4, 0.5) is 25.9 Å². The maximum Gasteiger partial charge on any atom is 0.762 e. The Bertz CT molecular complexity index is 3190. The summed E-state index contributed by atoms with van der Waals surface area (Å²) < 4.78 is 69.6. The van der Waals surface area contributed by atoms with Gasteiger partial charge in [-0.05, 0) is 152 Å². The van der Waals surface area contributed by atoms with Gasteiger partial charge < -0.3 is 19.2 Å². The molecule has 0 bridgehead atoms. The van der Waals surface area contributed by atoms with Gasteiger partial charge in [-0.3, -0.25) is 50.4 Å². The average molecular weight is 1400 g/mol. The van der Waals surface area contributed by atoms with Crippen LogP contribution in [0.15, 0.2) is 151 Å². The van der Waals surface area contributed by atoms with Crippen molar-refractivity contribution in [3.05, 3.63) is 173 Å². The second-order valence-corrected chi connectivity index (χ2v) is 24.2. The number of aryl methyl sites for hydroxylation is 2. The van der Waals surface area contributed by atoms with E-state index in [-0.39, 0.29) is 54.3 Å². The molecule has 0 fully saturated rings. The van der Waals surface area contributed by atoms with Crippen LogP contribution in [0.5, 0.6) is 0 Å². The Morgan fingerprint density at radius 1 is 0.483 bits per heavy atom. The molecule has 485 valence electrons. The van der Waals surface area contributed by atoms with Gasteiger partial charge in [-0.15, -0.1) is 34.0 Å². The zero-order chi connectivity index (χ0) is 60.5. The van der Waals surface area contributed by atoms with Crippen LogP contribution in [-0.2, 0) is 49.7 Å². The largest absolute Gasteiger partial charge is 1.00 e. The normalized spacial score (nSPS) is 10.2. The third-order valence-electron chi connectivity index (χ3n) is 12.7. The summed E-state index contributed by atoms with van der Waals surface area (Å²) in [5, 5.41) is 2.14. The van der Waals surface area contributed by atoms with Crippen molar-refractivity contribution in [2.24, 2.45) is 0 Å². The van der Waals surface area contributed by atoms with E-state index in [4.69, 9.17) is 4.98 Å². The minimum absolute atomic E-state index is 0. The van der Waals surface area contributed by atoms with E-state index in [0.717, 1.165) is 35.6 Å². The molecule has 0 amide bonds. The molecule has 0 aliphatic carbocycles. The van der Waals surface area contributed by atoms with Crippen molar-refractivity contribution in [2.75, 3.05) is 0 Å². The van der Waals surface area contributed by atoms with Crippen molar-refractivity contribution in [1.29, 1.82) is 0 Å². The van der Waals surface area contributed by atoms with Crippen LogP contribution in [0, 0.1) is 0 Å². The van der Waals surface area contributed by atoms with Gasteiger partial charge in [0.1, 0.15) is 0 Å². The molecule has 0 aliphatic heterocycles. The minimum atomic E-state index is -4.41. The molecule has 0 atom stereocenters. The first-order chi connectivity index (χ1) is 40.6. The number of thiophene rings is 3. The fourth-order valence-corrected chi connectivity index (χ4v) is 12.9. The first kappa shape index (κ1) is 83.4. The number of hydrogen-bond acceptors (Lipinski definition) is 10. The van der Waals surface area contributed by atoms with E-state index in [0.29, 0.717) is 22.8 Å². The molecule has 0 saturated heterocycles. The Morgan fingerprint density at radius 2 is 0.854 bits per heavy atom. The van der Waals surface area contributed by atoms with E-state index in [9.17, 15) is 40.2 Å². The summed E-state index contributed by atoms with van der Waals surface area (Å²) in [4.78, 5) is 53.3. The first-order valence-electron chi connectivity index (χ1n) is 28.5. The van der Waals surface area contributed by atoms with Gasteiger partial charge in [0, 0.05) is 81.3 Å². The van der Waals surface area contributed by atoms with Crippen molar-refractivity contribution in [1.82, 2.24) is 29.9 Å². The van der Waals surface area contributed by atoms with Crippen LogP contribution in [-0.4, -0.2) is 63.2 Å². The number of nitrogens with zero attached hydrogens (tertiary/aromatic N) is 6. The Kier molecular flexibility index (Phi) is 43.6. The molecule has 0 aliphatic rings. The molecule has 9 nitrogen and oxygen atoms in total. The van der Waals surface area contributed by atoms with Crippen molar-refractivity contribution < 1.29 is 73.4 Å². The fraction of sp³-hybridized carbons (Fsp3) is 0.344. The van der Waals surface area contributed by atoms with Crippen LogP contribution in [0.1, 0.15) is 144 Å². The second kappa shape index (κ2) is 46.5. The minimum Gasteiger partial charge on any atom is -1.00 e. The third-order valence-corrected chi connectivity index (χ3v) is 17.3. The van der Waals surface area contributed by atoms with Gasteiger partial charge in [0.15, 0.2) is 0 Å². The van der Waals surface area contributed by atoms with Crippen molar-refractivity contribution in [3.8, 4) is 65.1 Å². The fourth-order valence-electron chi connectivity index (χ4n) is 8.90. The van der Waals surface area contributed by atoms with Crippen LogP contribution < -0.4 is 14.7 Å². The third kappa shape index (κ3) is 29.9. The summed E-state index contributed by atoms with van der Waals surface area (Å²) in [6, 6.07) is 39.1. The smallest absolute Gasteiger partial charge is 0.762 e. The predicted molar refractivity (Wildman–Crippen MR) is 359 cm³/mol. The van der Waals surface area contributed by atoms with Gasteiger partial charge in [-0.1, -0.05) is 136 Å². The number of aromatic nitrogens is 6. The summed E-state index contributed by atoms with van der Waals surface area (Å²) >= 11 is 5.97. The van der Waals surface area contributed by atoms with Crippen LogP contribution in [0.2, 0.25) is 0 Å². The van der Waals surface area contributed by atoms with Crippen molar-refractivity contribution >= 4 is 70.4 Å². The molecular weight excluding hydrogens is 1310 g/mol. The monoisotopic (exact) mass is 1400 g/mol. The summed E-state index contributed by atoms with van der Waals surface area (Å²) in [6.07, 6.45) is 28.6. The number of rotatable bonds is 24. The molecule has 9 aromatic heterocycles. The SMILES string of the molecule is C.CCC.CCCCCCCCc1c(-c2cccs2)sc(-c2ccc(CCc3cc(-c4ccccn4)nc(-c4ccccn4)c3)s2)c1CCCCCCCC.FB(F)F.FB(F)F.O=P(O)(O)c1cc(-c2ccccn2)nc(-c2ccccn2)c1.[2HH].[3HH].[3HH].[B].[F-].[F-].[Ru]. The van der Waals surface area contributed by atoms with Gasteiger partial charge in [-0.2, -0.15) is 0 Å². The van der Waals surface area contributed by atoms with Crippen molar-refractivity contribution in [2.45, 2.75) is 144 Å². The van der Waals surface area contributed by atoms with Crippen molar-refractivity contribution in [3.63, 3.8) is 0 Å². The molecule has 9 rings (SSSR count). The summed E-state index contributed by atoms with van der Waals surface area (Å²) in [5.41, 5.74) is 10.0. The topological polar surface area (TPSA) is 135 Å². The average Bonchev–Trinajstić information content (AvgIpc) is 1.47. The molecule has 0 spiro atoms. The van der Waals surface area contributed by atoms with Gasteiger partial charge in [0.2, 0.25) is 0 Å². The van der Waals surface area contributed by atoms with Gasteiger partial charge in [0.05, 0.1) is 50.9 Å². The Labute approximate surface area is 552 Å². The molecule has 89 heavy (non-hydrogen) atoms. The van der Waals surface area contributed by atoms with E-state index >= 15 is 0 Å². The molecule has 0 saturated carbocycles. The number of halogens is 8. The van der Waals surface area contributed by atoms with Gasteiger partial charge >= 0.3 is 22.7 Å². The summed E-state index contributed by atoms with van der Waals surface area (Å²) in [5.74, 6) is 0. The molecule has 25 heteroatoms. The van der Waals surface area contributed by atoms with Gasteiger partial charge in [0.25, 0.3) is 0 Å². The Balaban J connectivity index is -0.000000792. The number of pyridine rings is 6. The maximum atomic E-state index is 11.6. The second-order valence-electron chi connectivity index (χ2n) is 19.4. The zero-order valence-electron chi connectivity index (χ0n) is 49.7. The van der Waals surface area contributed by atoms with Gasteiger partial charge in [-0.25, -0.2) is 9.97 Å². The molecular formula is C64H83B3F8N6O3PRuS3-2. The zero-order valence-corrected chi connectivity index (χ0v) is 54.8. The van der Waals surface area contributed by atoms with E-state index in [1.165, 1.54) is 138 Å². The molecule has 2 N–H and O–H groups in total. The number of hydrogen-bond donors (Lipinski definition) is 2. The van der Waals surface area contributed by atoms with E-state index in [1.807, 2.05) is 71.5 Å². The molecule has 0 unspecified atom stereocenters. The number of unbranched alkanes of at least 4 members (excludes halogenated alkanes) is 10. The molecule has 0 aromatic carbocycles. The molecule has 3 radical (unpaired) electrons.